The third-order valence-electron chi connectivity index (χ3n) is 4.37. The maximum atomic E-state index is 11.8. The number of aliphatic carboxylic acids is 1. The summed E-state index contributed by atoms with van der Waals surface area (Å²) in [5, 5.41) is 9.66. The fraction of sp³-hybridized carbons (Fsp3) is 0.368. The van der Waals surface area contributed by atoms with Crippen LogP contribution in [0.2, 0.25) is 0 Å². The summed E-state index contributed by atoms with van der Waals surface area (Å²) < 4.78 is 5.85. The number of rotatable bonds is 6. The summed E-state index contributed by atoms with van der Waals surface area (Å²) in [4.78, 5) is 17.8. The predicted octanol–water partition coefficient (Wildman–Crippen LogP) is 2.54. The summed E-state index contributed by atoms with van der Waals surface area (Å²) in [6.45, 7) is 1.80. The Bertz CT molecular complexity index is 648. The number of hydrogen-bond acceptors (Lipinski definition) is 4. The number of morpholine rings is 1. The number of benzene rings is 1. The van der Waals surface area contributed by atoms with E-state index in [0.29, 0.717) is 25.3 Å². The molecule has 126 valence electrons. The third kappa shape index (κ3) is 4.19. The minimum Gasteiger partial charge on any atom is -0.480 e. The summed E-state index contributed by atoms with van der Waals surface area (Å²) >= 11 is 0. The van der Waals surface area contributed by atoms with Gasteiger partial charge in [0, 0.05) is 25.5 Å². The standard InChI is InChI=1S/C19H22N2O3/c22-19(23)18(16-7-4-10-20-13-16)21-11-12-24-17(14-21)9-8-15-5-2-1-3-6-15/h1-7,10,13,17-18H,8-9,11-12,14H2,(H,22,23). The molecule has 0 aliphatic carbocycles. The van der Waals surface area contributed by atoms with Gasteiger partial charge in [0.05, 0.1) is 12.7 Å². The number of nitrogens with zero attached hydrogens (tertiary/aromatic N) is 2. The molecule has 2 atom stereocenters. The first kappa shape index (κ1) is 16.6. The summed E-state index contributed by atoms with van der Waals surface area (Å²) in [7, 11) is 0. The molecule has 0 radical (unpaired) electrons. The van der Waals surface area contributed by atoms with Crippen LogP contribution in [-0.4, -0.2) is 46.8 Å². The van der Waals surface area contributed by atoms with Gasteiger partial charge in [-0.2, -0.15) is 0 Å². The van der Waals surface area contributed by atoms with E-state index in [1.165, 1.54) is 5.56 Å². The SMILES string of the molecule is O=C(O)C(c1cccnc1)N1CCOC(CCc2ccccc2)C1. The van der Waals surface area contributed by atoms with Gasteiger partial charge in [-0.1, -0.05) is 36.4 Å². The first-order valence-corrected chi connectivity index (χ1v) is 8.26. The van der Waals surface area contributed by atoms with Crippen molar-refractivity contribution in [1.82, 2.24) is 9.88 Å². The molecule has 2 unspecified atom stereocenters. The highest BCUT2D eigenvalue weighted by Crippen LogP contribution is 2.24. The van der Waals surface area contributed by atoms with Gasteiger partial charge in [-0.05, 0) is 30.0 Å². The molecule has 0 amide bonds. The number of hydrogen-bond donors (Lipinski definition) is 1. The molecule has 3 rings (SSSR count). The molecule has 24 heavy (non-hydrogen) atoms. The molecule has 5 nitrogen and oxygen atoms in total. The fourth-order valence-corrected chi connectivity index (χ4v) is 3.17. The van der Waals surface area contributed by atoms with Gasteiger partial charge in [0.1, 0.15) is 6.04 Å². The van der Waals surface area contributed by atoms with Crippen LogP contribution in [0.1, 0.15) is 23.6 Å². The molecule has 1 N–H and O–H groups in total. The molecule has 1 aliphatic rings. The van der Waals surface area contributed by atoms with Gasteiger partial charge in [-0.25, -0.2) is 0 Å². The van der Waals surface area contributed by atoms with Gasteiger partial charge in [0.25, 0.3) is 0 Å². The van der Waals surface area contributed by atoms with Crippen LogP contribution in [0.15, 0.2) is 54.9 Å². The fourth-order valence-electron chi connectivity index (χ4n) is 3.17. The number of pyridine rings is 1. The number of carbonyl (C=O) groups is 1. The van der Waals surface area contributed by atoms with Crippen LogP contribution in [0, 0.1) is 0 Å². The van der Waals surface area contributed by atoms with Crippen molar-refractivity contribution in [3.63, 3.8) is 0 Å². The predicted molar refractivity (Wildman–Crippen MR) is 90.7 cm³/mol. The van der Waals surface area contributed by atoms with Crippen LogP contribution in [0.3, 0.4) is 0 Å². The van der Waals surface area contributed by atoms with E-state index >= 15 is 0 Å². The second kappa shape index (κ2) is 8.04. The highest BCUT2D eigenvalue weighted by molar-refractivity contribution is 5.75. The molecule has 0 saturated carbocycles. The van der Waals surface area contributed by atoms with E-state index in [1.807, 2.05) is 29.2 Å². The van der Waals surface area contributed by atoms with Crippen molar-refractivity contribution in [1.29, 1.82) is 0 Å². The van der Waals surface area contributed by atoms with Crippen molar-refractivity contribution in [2.45, 2.75) is 25.0 Å². The van der Waals surface area contributed by atoms with Crippen LogP contribution in [0.4, 0.5) is 0 Å². The number of carboxylic acid groups (broad SMARTS) is 1. The largest absolute Gasteiger partial charge is 0.480 e. The Labute approximate surface area is 141 Å². The van der Waals surface area contributed by atoms with Crippen molar-refractivity contribution < 1.29 is 14.6 Å². The zero-order chi connectivity index (χ0) is 16.8. The van der Waals surface area contributed by atoms with Gasteiger partial charge in [0.2, 0.25) is 0 Å². The summed E-state index contributed by atoms with van der Waals surface area (Å²) in [5.41, 5.74) is 1.99. The number of carboxylic acids is 1. The molecule has 0 bridgehead atoms. The maximum absolute atomic E-state index is 11.8. The Hall–Kier alpha value is -2.24. The Balaban J connectivity index is 1.64. The molecular formula is C19H22N2O3. The Kier molecular flexibility index (Phi) is 5.56. The van der Waals surface area contributed by atoms with Crippen molar-refractivity contribution in [3.05, 3.63) is 66.0 Å². The average molecular weight is 326 g/mol. The lowest BCUT2D eigenvalue weighted by Gasteiger charge is -2.36. The van der Waals surface area contributed by atoms with Crippen LogP contribution >= 0.6 is 0 Å². The van der Waals surface area contributed by atoms with Crippen molar-refractivity contribution >= 4 is 5.97 Å². The molecule has 2 heterocycles. The molecule has 1 aromatic heterocycles. The third-order valence-corrected chi connectivity index (χ3v) is 4.37. The number of aryl methyl sites for hydroxylation is 1. The average Bonchev–Trinajstić information content (AvgIpc) is 2.62. The Morgan fingerprint density at radius 1 is 1.29 bits per heavy atom. The lowest BCUT2D eigenvalue weighted by Crippen LogP contribution is -2.46. The zero-order valence-electron chi connectivity index (χ0n) is 13.5. The first-order chi connectivity index (χ1) is 11.7. The van der Waals surface area contributed by atoms with Crippen LogP contribution < -0.4 is 0 Å². The second-order valence-electron chi connectivity index (χ2n) is 6.04. The van der Waals surface area contributed by atoms with E-state index in [1.54, 1.807) is 18.5 Å². The Morgan fingerprint density at radius 2 is 2.12 bits per heavy atom. The van der Waals surface area contributed by atoms with E-state index < -0.39 is 12.0 Å². The van der Waals surface area contributed by atoms with Gasteiger partial charge < -0.3 is 9.84 Å². The van der Waals surface area contributed by atoms with Crippen LogP contribution in [-0.2, 0) is 16.0 Å². The molecule has 1 saturated heterocycles. The topological polar surface area (TPSA) is 62.7 Å². The van der Waals surface area contributed by atoms with E-state index in [2.05, 4.69) is 17.1 Å². The lowest BCUT2D eigenvalue weighted by atomic mass is 10.0. The van der Waals surface area contributed by atoms with Crippen molar-refractivity contribution in [2.24, 2.45) is 0 Å². The normalized spacial score (nSPS) is 19.8. The van der Waals surface area contributed by atoms with Gasteiger partial charge in [-0.15, -0.1) is 0 Å². The molecule has 2 aromatic rings. The van der Waals surface area contributed by atoms with Crippen molar-refractivity contribution in [3.8, 4) is 0 Å². The van der Waals surface area contributed by atoms with Gasteiger partial charge >= 0.3 is 5.97 Å². The smallest absolute Gasteiger partial charge is 0.325 e. The molecule has 1 aliphatic heterocycles. The summed E-state index contributed by atoms with van der Waals surface area (Å²) in [6.07, 6.45) is 5.17. The van der Waals surface area contributed by atoms with E-state index in [9.17, 15) is 9.90 Å². The van der Waals surface area contributed by atoms with Crippen molar-refractivity contribution in [2.75, 3.05) is 19.7 Å². The van der Waals surface area contributed by atoms with Gasteiger partial charge in [-0.3, -0.25) is 14.7 Å². The molecular weight excluding hydrogens is 304 g/mol. The van der Waals surface area contributed by atoms with E-state index in [-0.39, 0.29) is 6.10 Å². The molecule has 1 fully saturated rings. The monoisotopic (exact) mass is 326 g/mol. The second-order valence-corrected chi connectivity index (χ2v) is 6.04. The minimum atomic E-state index is -0.841. The number of ether oxygens (including phenoxy) is 1. The summed E-state index contributed by atoms with van der Waals surface area (Å²) in [6, 6.07) is 13.2. The maximum Gasteiger partial charge on any atom is 0.325 e. The van der Waals surface area contributed by atoms with Gasteiger partial charge in [0.15, 0.2) is 0 Å². The highest BCUT2D eigenvalue weighted by Gasteiger charge is 2.32. The minimum absolute atomic E-state index is 0.0532. The quantitative estimate of drug-likeness (QED) is 0.884. The van der Waals surface area contributed by atoms with E-state index in [4.69, 9.17) is 4.74 Å². The lowest BCUT2D eigenvalue weighted by molar-refractivity contribution is -0.147. The summed E-state index contributed by atoms with van der Waals surface area (Å²) in [5.74, 6) is -0.841. The molecule has 0 spiro atoms. The number of aromatic nitrogens is 1. The first-order valence-electron chi connectivity index (χ1n) is 8.26. The van der Waals surface area contributed by atoms with Crippen LogP contribution in [0.25, 0.3) is 0 Å². The Morgan fingerprint density at radius 3 is 2.83 bits per heavy atom. The molecule has 1 aromatic carbocycles. The highest BCUT2D eigenvalue weighted by atomic mass is 16.5. The van der Waals surface area contributed by atoms with E-state index in [0.717, 1.165) is 12.8 Å². The zero-order valence-corrected chi connectivity index (χ0v) is 13.5. The molecule has 5 heteroatoms. The van der Waals surface area contributed by atoms with Crippen LogP contribution in [0.5, 0.6) is 0 Å².